The predicted molar refractivity (Wildman–Crippen MR) is 79.3 cm³/mol. The molecule has 1 aliphatic carbocycles. The number of rotatable bonds is 4. The standard InChI is InChI=1S/C15H23N3O/c1-15(7-4-8-15)10-17-13-6-5-11(9-12(13)16)14(19)18(2)3/h5-6,9,17H,4,7-8,10,16H2,1-3H3. The van der Waals surface area contributed by atoms with Crippen LogP contribution in [0.4, 0.5) is 11.4 Å². The highest BCUT2D eigenvalue weighted by Gasteiger charge is 2.31. The molecule has 1 fully saturated rings. The molecule has 0 aromatic heterocycles. The van der Waals surface area contributed by atoms with E-state index in [2.05, 4.69) is 12.2 Å². The summed E-state index contributed by atoms with van der Waals surface area (Å²) in [5.74, 6) is -0.0239. The van der Waals surface area contributed by atoms with Crippen LogP contribution in [0.1, 0.15) is 36.5 Å². The number of hydrogen-bond donors (Lipinski definition) is 2. The van der Waals surface area contributed by atoms with Crippen LogP contribution in [0.15, 0.2) is 18.2 Å². The first-order valence-electron chi connectivity index (χ1n) is 6.76. The van der Waals surface area contributed by atoms with Crippen LogP contribution in [0.3, 0.4) is 0 Å². The number of amides is 1. The minimum absolute atomic E-state index is 0.0239. The van der Waals surface area contributed by atoms with E-state index in [1.807, 2.05) is 12.1 Å². The summed E-state index contributed by atoms with van der Waals surface area (Å²) in [7, 11) is 3.48. The van der Waals surface area contributed by atoms with Crippen molar-refractivity contribution >= 4 is 17.3 Å². The summed E-state index contributed by atoms with van der Waals surface area (Å²) in [6, 6.07) is 5.46. The molecule has 1 aromatic carbocycles. The second kappa shape index (κ2) is 5.11. The lowest BCUT2D eigenvalue weighted by atomic mass is 9.70. The number of carbonyl (C=O) groups excluding carboxylic acids is 1. The number of benzene rings is 1. The average Bonchev–Trinajstić information content (AvgIpc) is 2.34. The third-order valence-corrected chi connectivity index (χ3v) is 3.97. The van der Waals surface area contributed by atoms with Gasteiger partial charge in [-0.1, -0.05) is 13.3 Å². The average molecular weight is 261 g/mol. The van der Waals surface area contributed by atoms with Gasteiger partial charge in [-0.25, -0.2) is 0 Å². The van der Waals surface area contributed by atoms with Crippen LogP contribution in [-0.2, 0) is 0 Å². The Morgan fingerprint density at radius 2 is 2.11 bits per heavy atom. The first-order valence-corrected chi connectivity index (χ1v) is 6.76. The van der Waals surface area contributed by atoms with Crippen LogP contribution in [0.25, 0.3) is 0 Å². The Morgan fingerprint density at radius 3 is 2.58 bits per heavy atom. The smallest absolute Gasteiger partial charge is 0.253 e. The van der Waals surface area contributed by atoms with Crippen molar-refractivity contribution in [3.63, 3.8) is 0 Å². The van der Waals surface area contributed by atoms with Crippen LogP contribution in [0.5, 0.6) is 0 Å². The summed E-state index contributed by atoms with van der Waals surface area (Å²) < 4.78 is 0. The molecule has 0 unspecified atom stereocenters. The van der Waals surface area contributed by atoms with Gasteiger partial charge in [0.2, 0.25) is 0 Å². The van der Waals surface area contributed by atoms with Crippen LogP contribution < -0.4 is 11.1 Å². The van der Waals surface area contributed by atoms with Crippen LogP contribution in [0, 0.1) is 5.41 Å². The molecular weight excluding hydrogens is 238 g/mol. The van der Waals surface area contributed by atoms with E-state index >= 15 is 0 Å². The van der Waals surface area contributed by atoms with Gasteiger partial charge in [0, 0.05) is 26.2 Å². The second-order valence-corrected chi connectivity index (χ2v) is 6.02. The molecule has 1 amide bonds. The van der Waals surface area contributed by atoms with E-state index in [-0.39, 0.29) is 5.91 Å². The van der Waals surface area contributed by atoms with Crippen LogP contribution >= 0.6 is 0 Å². The van der Waals surface area contributed by atoms with E-state index in [0.29, 0.717) is 16.7 Å². The van der Waals surface area contributed by atoms with Gasteiger partial charge in [0.1, 0.15) is 0 Å². The summed E-state index contributed by atoms with van der Waals surface area (Å²) in [6.45, 7) is 3.24. The van der Waals surface area contributed by atoms with Crippen LogP contribution in [-0.4, -0.2) is 31.4 Å². The minimum Gasteiger partial charge on any atom is -0.397 e. The zero-order chi connectivity index (χ0) is 14.0. The van der Waals surface area contributed by atoms with Gasteiger partial charge in [-0.3, -0.25) is 4.79 Å². The van der Waals surface area contributed by atoms with E-state index < -0.39 is 0 Å². The Labute approximate surface area is 115 Å². The lowest BCUT2D eigenvalue weighted by Gasteiger charge is -2.38. The van der Waals surface area contributed by atoms with Gasteiger partial charge < -0.3 is 16.0 Å². The molecule has 0 radical (unpaired) electrons. The first-order chi connectivity index (χ1) is 8.91. The van der Waals surface area contributed by atoms with Crippen molar-refractivity contribution in [2.75, 3.05) is 31.7 Å². The Kier molecular flexibility index (Phi) is 3.69. The van der Waals surface area contributed by atoms with Crippen molar-refractivity contribution in [1.82, 2.24) is 4.90 Å². The van der Waals surface area contributed by atoms with Gasteiger partial charge in [0.05, 0.1) is 11.4 Å². The molecule has 0 spiro atoms. The van der Waals surface area contributed by atoms with Crippen molar-refractivity contribution in [1.29, 1.82) is 0 Å². The fourth-order valence-electron chi connectivity index (χ4n) is 2.38. The molecule has 104 valence electrons. The Balaban J connectivity index is 2.04. The van der Waals surface area contributed by atoms with Gasteiger partial charge in [-0.05, 0) is 36.5 Å². The third-order valence-electron chi connectivity index (χ3n) is 3.97. The number of anilines is 2. The summed E-state index contributed by atoms with van der Waals surface area (Å²) in [5, 5.41) is 3.40. The topological polar surface area (TPSA) is 58.4 Å². The molecule has 0 heterocycles. The summed E-state index contributed by atoms with van der Waals surface area (Å²) in [4.78, 5) is 13.4. The van der Waals surface area contributed by atoms with Crippen molar-refractivity contribution in [2.24, 2.45) is 5.41 Å². The van der Waals surface area contributed by atoms with Crippen LogP contribution in [0.2, 0.25) is 0 Å². The Morgan fingerprint density at radius 1 is 1.42 bits per heavy atom. The highest BCUT2D eigenvalue weighted by atomic mass is 16.2. The highest BCUT2D eigenvalue weighted by molar-refractivity contribution is 5.95. The quantitative estimate of drug-likeness (QED) is 0.819. The van der Waals surface area contributed by atoms with Gasteiger partial charge in [-0.15, -0.1) is 0 Å². The molecule has 0 bridgehead atoms. The Hall–Kier alpha value is -1.71. The molecule has 4 nitrogen and oxygen atoms in total. The zero-order valence-electron chi connectivity index (χ0n) is 12.0. The molecule has 4 heteroatoms. The summed E-state index contributed by atoms with van der Waals surface area (Å²) >= 11 is 0. The minimum atomic E-state index is -0.0239. The number of hydrogen-bond acceptors (Lipinski definition) is 3. The van der Waals surface area contributed by atoms with E-state index in [1.165, 1.54) is 19.3 Å². The zero-order valence-corrected chi connectivity index (χ0v) is 12.0. The second-order valence-electron chi connectivity index (χ2n) is 6.02. The number of nitrogens with two attached hydrogens (primary N) is 1. The molecule has 1 saturated carbocycles. The number of nitrogen functional groups attached to an aromatic ring is 1. The van der Waals surface area contributed by atoms with Crippen molar-refractivity contribution in [3.05, 3.63) is 23.8 Å². The molecule has 2 rings (SSSR count). The fraction of sp³-hybridized carbons (Fsp3) is 0.533. The molecular formula is C15H23N3O. The maximum atomic E-state index is 11.8. The molecule has 3 N–H and O–H groups in total. The van der Waals surface area contributed by atoms with Gasteiger partial charge in [-0.2, -0.15) is 0 Å². The van der Waals surface area contributed by atoms with Crippen molar-refractivity contribution in [2.45, 2.75) is 26.2 Å². The highest BCUT2D eigenvalue weighted by Crippen LogP contribution is 2.40. The number of nitrogens with one attached hydrogen (secondary N) is 1. The summed E-state index contributed by atoms with van der Waals surface area (Å²) in [5.41, 5.74) is 8.60. The van der Waals surface area contributed by atoms with E-state index in [1.54, 1.807) is 25.1 Å². The van der Waals surface area contributed by atoms with Gasteiger partial charge in [0.15, 0.2) is 0 Å². The first kappa shape index (κ1) is 13.7. The maximum absolute atomic E-state index is 11.8. The number of nitrogens with zero attached hydrogens (tertiary/aromatic N) is 1. The van der Waals surface area contributed by atoms with Gasteiger partial charge in [0.25, 0.3) is 5.91 Å². The van der Waals surface area contributed by atoms with Crippen molar-refractivity contribution < 1.29 is 4.79 Å². The third kappa shape index (κ3) is 3.00. The van der Waals surface area contributed by atoms with E-state index in [0.717, 1.165) is 12.2 Å². The monoisotopic (exact) mass is 261 g/mol. The summed E-state index contributed by atoms with van der Waals surface area (Å²) in [6.07, 6.45) is 3.87. The normalized spacial score (nSPS) is 16.6. The predicted octanol–water partition coefficient (Wildman–Crippen LogP) is 2.57. The van der Waals surface area contributed by atoms with Gasteiger partial charge >= 0.3 is 0 Å². The fourth-order valence-corrected chi connectivity index (χ4v) is 2.38. The maximum Gasteiger partial charge on any atom is 0.253 e. The lowest BCUT2D eigenvalue weighted by molar-refractivity contribution is 0.0827. The molecule has 1 aliphatic rings. The van der Waals surface area contributed by atoms with E-state index in [4.69, 9.17) is 5.73 Å². The SMILES string of the molecule is CN(C)C(=O)c1ccc(NCC2(C)CCC2)c(N)c1. The number of carbonyl (C=O) groups is 1. The molecule has 19 heavy (non-hydrogen) atoms. The Bertz CT molecular complexity index is 478. The molecule has 1 aromatic rings. The molecule has 0 atom stereocenters. The van der Waals surface area contributed by atoms with E-state index in [9.17, 15) is 4.79 Å². The molecule has 0 aliphatic heterocycles. The lowest BCUT2D eigenvalue weighted by Crippen LogP contribution is -2.33. The largest absolute Gasteiger partial charge is 0.397 e. The van der Waals surface area contributed by atoms with Crippen molar-refractivity contribution in [3.8, 4) is 0 Å². The molecule has 0 saturated heterocycles.